The molecule has 0 unspecified atom stereocenters. The fraction of sp³-hybridized carbons (Fsp3) is 0. The molecule has 0 aliphatic carbocycles. The molecule has 1 N–H and O–H groups in total. The third kappa shape index (κ3) is 2.30. The summed E-state index contributed by atoms with van der Waals surface area (Å²) in [5, 5.41) is 1.13. The molecule has 2 nitrogen and oxygen atoms in total. The zero-order valence-corrected chi connectivity index (χ0v) is 12.7. The summed E-state index contributed by atoms with van der Waals surface area (Å²) >= 11 is 4.43. The first kappa shape index (κ1) is 13.2. The fourth-order valence-electron chi connectivity index (χ4n) is 2.70. The van der Waals surface area contributed by atoms with E-state index in [1.54, 1.807) is 0 Å². The quantitative estimate of drug-likeness (QED) is 0.490. The van der Waals surface area contributed by atoms with E-state index in [2.05, 4.69) is 52.9 Å². The van der Waals surface area contributed by atoms with Crippen LogP contribution >= 0.6 is 12.6 Å². The molecule has 0 saturated heterocycles. The van der Waals surface area contributed by atoms with E-state index in [4.69, 9.17) is 0 Å². The lowest BCUT2D eigenvalue weighted by molar-refractivity contribution is 1.32. The van der Waals surface area contributed by atoms with Gasteiger partial charge in [-0.05, 0) is 29.3 Å². The van der Waals surface area contributed by atoms with Crippen molar-refractivity contribution < 1.29 is 0 Å². The maximum absolute atomic E-state index is 4.55. The van der Waals surface area contributed by atoms with Crippen molar-refractivity contribution in [2.45, 2.75) is 4.90 Å². The Morgan fingerprint density at radius 1 is 0.818 bits per heavy atom. The molecule has 0 aliphatic rings. The van der Waals surface area contributed by atoms with Crippen LogP contribution in [0.4, 0.5) is 0 Å². The van der Waals surface area contributed by atoms with E-state index in [1.807, 2.05) is 42.7 Å². The van der Waals surface area contributed by atoms with E-state index in [0.717, 1.165) is 32.6 Å². The van der Waals surface area contributed by atoms with Crippen molar-refractivity contribution in [3.63, 3.8) is 0 Å². The number of nitrogens with zero attached hydrogens (tertiary/aromatic N) is 1. The number of thiol groups is 1. The molecule has 2 aromatic carbocycles. The molecule has 4 aromatic rings. The van der Waals surface area contributed by atoms with Gasteiger partial charge in [-0.25, -0.2) is 4.98 Å². The Morgan fingerprint density at radius 2 is 1.64 bits per heavy atom. The second kappa shape index (κ2) is 5.35. The summed E-state index contributed by atoms with van der Waals surface area (Å²) < 4.78 is 0. The minimum Gasteiger partial charge on any atom is -0.346 e. The Kier molecular flexibility index (Phi) is 3.20. The van der Waals surface area contributed by atoms with Gasteiger partial charge < -0.3 is 4.98 Å². The molecular formula is C19H14N2S. The first-order valence-electron chi connectivity index (χ1n) is 7.13. The van der Waals surface area contributed by atoms with Crippen LogP contribution in [0.3, 0.4) is 0 Å². The predicted molar refractivity (Wildman–Crippen MR) is 94.2 cm³/mol. The average Bonchev–Trinajstić information content (AvgIpc) is 2.99. The summed E-state index contributed by atoms with van der Waals surface area (Å²) in [4.78, 5) is 8.76. The van der Waals surface area contributed by atoms with Gasteiger partial charge in [-0.15, -0.1) is 12.6 Å². The summed E-state index contributed by atoms with van der Waals surface area (Å²) in [5.41, 5.74) is 5.49. The van der Waals surface area contributed by atoms with Gasteiger partial charge in [0, 0.05) is 33.8 Å². The highest BCUT2D eigenvalue weighted by atomic mass is 32.1. The number of H-pyrrole nitrogens is 1. The molecule has 106 valence electrons. The first-order valence-corrected chi connectivity index (χ1v) is 7.58. The monoisotopic (exact) mass is 302 g/mol. The molecule has 3 heteroatoms. The van der Waals surface area contributed by atoms with Gasteiger partial charge >= 0.3 is 0 Å². The highest BCUT2D eigenvalue weighted by Gasteiger charge is 2.09. The summed E-state index contributed by atoms with van der Waals surface area (Å²) in [7, 11) is 0. The molecule has 0 spiro atoms. The standard InChI is InChI=1S/C19H14N2S/c22-16-8-4-7-14(9-16)18-12-21-19-17(18)10-15(11-20-19)13-5-2-1-3-6-13/h1-12,22H,(H,20,21). The number of hydrogen-bond donors (Lipinski definition) is 2. The summed E-state index contributed by atoms with van der Waals surface area (Å²) in [6.45, 7) is 0. The zero-order valence-electron chi connectivity index (χ0n) is 11.8. The number of benzene rings is 2. The summed E-state index contributed by atoms with van der Waals surface area (Å²) in [6.07, 6.45) is 3.92. The molecule has 0 aliphatic heterocycles. The molecule has 0 saturated carbocycles. The van der Waals surface area contributed by atoms with E-state index in [1.165, 1.54) is 5.56 Å². The third-order valence-electron chi connectivity index (χ3n) is 3.80. The average molecular weight is 302 g/mol. The van der Waals surface area contributed by atoms with Crippen LogP contribution in [0, 0.1) is 0 Å². The van der Waals surface area contributed by atoms with Crippen molar-refractivity contribution in [2.24, 2.45) is 0 Å². The Morgan fingerprint density at radius 3 is 2.45 bits per heavy atom. The second-order valence-electron chi connectivity index (χ2n) is 5.24. The van der Waals surface area contributed by atoms with Gasteiger partial charge in [-0.1, -0.05) is 42.5 Å². The number of fused-ring (bicyclic) bond motifs is 1. The summed E-state index contributed by atoms with van der Waals surface area (Å²) in [6, 6.07) is 20.7. The van der Waals surface area contributed by atoms with Crippen LogP contribution in [-0.2, 0) is 0 Å². The largest absolute Gasteiger partial charge is 0.346 e. The van der Waals surface area contributed by atoms with Gasteiger partial charge in [0.2, 0.25) is 0 Å². The molecule has 0 radical (unpaired) electrons. The maximum Gasteiger partial charge on any atom is 0.137 e. The Labute approximate surface area is 134 Å². The van der Waals surface area contributed by atoms with Crippen molar-refractivity contribution in [1.29, 1.82) is 0 Å². The molecule has 22 heavy (non-hydrogen) atoms. The van der Waals surface area contributed by atoms with Gasteiger partial charge in [-0.2, -0.15) is 0 Å². The number of aromatic amines is 1. The molecule has 4 rings (SSSR count). The van der Waals surface area contributed by atoms with Crippen LogP contribution in [0.1, 0.15) is 0 Å². The number of pyridine rings is 1. The highest BCUT2D eigenvalue weighted by Crippen LogP contribution is 2.31. The molecule has 2 aromatic heterocycles. The lowest BCUT2D eigenvalue weighted by Gasteiger charge is -2.04. The van der Waals surface area contributed by atoms with Crippen molar-refractivity contribution in [3.05, 3.63) is 73.1 Å². The van der Waals surface area contributed by atoms with Crippen LogP contribution in [0.5, 0.6) is 0 Å². The van der Waals surface area contributed by atoms with Gasteiger partial charge in [0.1, 0.15) is 5.65 Å². The van der Waals surface area contributed by atoms with E-state index in [9.17, 15) is 0 Å². The zero-order chi connectivity index (χ0) is 14.9. The Balaban J connectivity index is 1.91. The molecular weight excluding hydrogens is 288 g/mol. The molecule has 0 bridgehead atoms. The highest BCUT2D eigenvalue weighted by molar-refractivity contribution is 7.80. The van der Waals surface area contributed by atoms with Crippen LogP contribution in [0.2, 0.25) is 0 Å². The SMILES string of the molecule is Sc1cccc(-c2c[nH]c3ncc(-c4ccccc4)cc23)c1. The van der Waals surface area contributed by atoms with Gasteiger partial charge in [0.15, 0.2) is 0 Å². The smallest absolute Gasteiger partial charge is 0.137 e. The minimum atomic E-state index is 0.902. The summed E-state index contributed by atoms with van der Waals surface area (Å²) in [5.74, 6) is 0. The Bertz CT molecular complexity index is 942. The van der Waals surface area contributed by atoms with Crippen LogP contribution in [0.25, 0.3) is 33.3 Å². The van der Waals surface area contributed by atoms with Crippen LogP contribution in [-0.4, -0.2) is 9.97 Å². The molecule has 2 heterocycles. The first-order chi connectivity index (χ1) is 10.8. The van der Waals surface area contributed by atoms with Crippen LogP contribution in [0.15, 0.2) is 78.0 Å². The fourth-order valence-corrected chi connectivity index (χ4v) is 2.93. The maximum atomic E-state index is 4.55. The molecule has 0 atom stereocenters. The number of hydrogen-bond acceptors (Lipinski definition) is 2. The second-order valence-corrected chi connectivity index (χ2v) is 5.76. The van der Waals surface area contributed by atoms with E-state index < -0.39 is 0 Å². The number of rotatable bonds is 2. The number of aromatic nitrogens is 2. The minimum absolute atomic E-state index is 0.902. The van der Waals surface area contributed by atoms with Gasteiger partial charge in [0.05, 0.1) is 0 Å². The lowest BCUT2D eigenvalue weighted by atomic mass is 10.0. The van der Waals surface area contributed by atoms with Crippen LogP contribution < -0.4 is 0 Å². The Hall–Kier alpha value is -2.52. The van der Waals surface area contributed by atoms with Crippen molar-refractivity contribution in [1.82, 2.24) is 9.97 Å². The van der Waals surface area contributed by atoms with Gasteiger partial charge in [0.25, 0.3) is 0 Å². The molecule has 0 fully saturated rings. The normalized spacial score (nSPS) is 11.0. The van der Waals surface area contributed by atoms with Crippen molar-refractivity contribution in [3.8, 4) is 22.3 Å². The topological polar surface area (TPSA) is 28.7 Å². The van der Waals surface area contributed by atoms with Crippen molar-refractivity contribution >= 4 is 23.7 Å². The van der Waals surface area contributed by atoms with E-state index in [0.29, 0.717) is 0 Å². The lowest BCUT2D eigenvalue weighted by Crippen LogP contribution is -1.82. The van der Waals surface area contributed by atoms with Crippen molar-refractivity contribution in [2.75, 3.05) is 0 Å². The predicted octanol–water partition coefficient (Wildman–Crippen LogP) is 5.19. The molecule has 0 amide bonds. The number of nitrogens with one attached hydrogen (secondary N) is 1. The van der Waals surface area contributed by atoms with Gasteiger partial charge in [-0.3, -0.25) is 0 Å². The van der Waals surface area contributed by atoms with E-state index >= 15 is 0 Å². The van der Waals surface area contributed by atoms with E-state index in [-0.39, 0.29) is 0 Å². The third-order valence-corrected chi connectivity index (χ3v) is 4.07.